The lowest BCUT2D eigenvalue weighted by Gasteiger charge is -2.16. The molecule has 1 fully saturated rings. The third kappa shape index (κ3) is 4.61. The third-order valence-electron chi connectivity index (χ3n) is 5.14. The molecule has 1 amide bonds. The van der Waals surface area contributed by atoms with Crippen molar-refractivity contribution >= 4 is 28.6 Å². The number of amides is 1. The standard InChI is InChI=1S/C21H25N3O2S/c25-19(22-16-10-11-16)14-27-21-23-18-9-5-4-8-17(18)20(26)24(21)13-12-15-6-2-1-3-7-15/h4-6,8-9,16H,1-3,7,10-14H2,(H,22,25). The van der Waals surface area contributed by atoms with E-state index in [1.54, 1.807) is 4.57 Å². The molecule has 2 aliphatic rings. The van der Waals surface area contributed by atoms with Crippen molar-refractivity contribution in [3.8, 4) is 0 Å². The molecular formula is C21H25N3O2S. The van der Waals surface area contributed by atoms with Crippen molar-refractivity contribution in [3.05, 3.63) is 46.3 Å². The fraction of sp³-hybridized carbons (Fsp3) is 0.476. The summed E-state index contributed by atoms with van der Waals surface area (Å²) in [5.74, 6) is 0.315. The van der Waals surface area contributed by atoms with Crippen LogP contribution in [0.2, 0.25) is 0 Å². The first kappa shape index (κ1) is 18.3. The molecule has 2 aliphatic carbocycles. The Balaban J connectivity index is 1.57. The van der Waals surface area contributed by atoms with E-state index in [0.29, 0.717) is 34.4 Å². The molecule has 142 valence electrons. The van der Waals surface area contributed by atoms with Crippen molar-refractivity contribution in [1.82, 2.24) is 14.9 Å². The third-order valence-corrected chi connectivity index (χ3v) is 6.12. The van der Waals surface area contributed by atoms with E-state index in [1.165, 1.54) is 30.2 Å². The summed E-state index contributed by atoms with van der Waals surface area (Å²) in [5, 5.41) is 4.28. The van der Waals surface area contributed by atoms with Crippen LogP contribution >= 0.6 is 11.8 Å². The Morgan fingerprint density at radius 3 is 2.89 bits per heavy atom. The molecule has 5 nitrogen and oxygen atoms in total. The van der Waals surface area contributed by atoms with Gasteiger partial charge in [0, 0.05) is 12.6 Å². The number of carbonyl (C=O) groups is 1. The van der Waals surface area contributed by atoms with E-state index in [0.717, 1.165) is 32.1 Å². The summed E-state index contributed by atoms with van der Waals surface area (Å²) in [7, 11) is 0. The first-order chi connectivity index (χ1) is 13.2. The monoisotopic (exact) mass is 383 g/mol. The summed E-state index contributed by atoms with van der Waals surface area (Å²) >= 11 is 1.36. The molecule has 1 N–H and O–H groups in total. The SMILES string of the molecule is O=C(CSc1nc2ccccc2c(=O)n1CCC1=CCCCC1)NC1CC1. The number of fused-ring (bicyclic) bond motifs is 1. The Hall–Kier alpha value is -2.08. The number of nitrogens with zero attached hydrogens (tertiary/aromatic N) is 2. The van der Waals surface area contributed by atoms with Gasteiger partial charge in [-0.15, -0.1) is 0 Å². The number of hydrogen-bond donors (Lipinski definition) is 1. The number of hydrogen-bond acceptors (Lipinski definition) is 4. The van der Waals surface area contributed by atoms with E-state index >= 15 is 0 Å². The molecule has 0 radical (unpaired) electrons. The number of nitrogens with one attached hydrogen (secondary N) is 1. The minimum atomic E-state index is -0.0119. The Morgan fingerprint density at radius 1 is 1.26 bits per heavy atom. The molecule has 2 aromatic rings. The summed E-state index contributed by atoms with van der Waals surface area (Å²) < 4.78 is 1.76. The second-order valence-corrected chi connectivity index (χ2v) is 8.30. The number of allylic oxidation sites excluding steroid dienone is 2. The van der Waals surface area contributed by atoms with Gasteiger partial charge in [-0.2, -0.15) is 0 Å². The smallest absolute Gasteiger partial charge is 0.262 e. The Kier molecular flexibility index (Phi) is 5.62. The molecule has 1 aromatic carbocycles. The van der Waals surface area contributed by atoms with Gasteiger partial charge < -0.3 is 5.32 Å². The van der Waals surface area contributed by atoms with E-state index < -0.39 is 0 Å². The highest BCUT2D eigenvalue weighted by molar-refractivity contribution is 7.99. The van der Waals surface area contributed by atoms with E-state index in [-0.39, 0.29) is 11.5 Å². The maximum atomic E-state index is 13.0. The summed E-state index contributed by atoms with van der Waals surface area (Å²) in [5.41, 5.74) is 2.12. The fourth-order valence-corrected chi connectivity index (χ4v) is 4.31. The minimum Gasteiger partial charge on any atom is -0.353 e. The molecular weight excluding hydrogens is 358 g/mol. The van der Waals surface area contributed by atoms with Crippen LogP contribution in [0.4, 0.5) is 0 Å². The molecule has 0 bridgehead atoms. The van der Waals surface area contributed by atoms with E-state index in [9.17, 15) is 9.59 Å². The van der Waals surface area contributed by atoms with Crippen molar-refractivity contribution < 1.29 is 4.79 Å². The van der Waals surface area contributed by atoms with Crippen LogP contribution in [0.5, 0.6) is 0 Å². The minimum absolute atomic E-state index is 0.0119. The highest BCUT2D eigenvalue weighted by atomic mass is 32.2. The maximum absolute atomic E-state index is 13.0. The van der Waals surface area contributed by atoms with Gasteiger partial charge in [0.15, 0.2) is 5.16 Å². The average Bonchev–Trinajstić information content (AvgIpc) is 3.50. The van der Waals surface area contributed by atoms with Gasteiger partial charge in [0.05, 0.1) is 16.7 Å². The number of thioether (sulfide) groups is 1. The Labute approximate surface area is 163 Å². The quantitative estimate of drug-likeness (QED) is 0.450. The molecule has 1 aromatic heterocycles. The van der Waals surface area contributed by atoms with Crippen LogP contribution in [0.15, 0.2) is 45.9 Å². The van der Waals surface area contributed by atoms with E-state index in [4.69, 9.17) is 4.98 Å². The zero-order valence-electron chi connectivity index (χ0n) is 15.4. The van der Waals surface area contributed by atoms with Crippen LogP contribution in [0.1, 0.15) is 44.9 Å². The summed E-state index contributed by atoms with van der Waals surface area (Å²) in [6, 6.07) is 7.80. The summed E-state index contributed by atoms with van der Waals surface area (Å²) in [6.07, 6.45) is 10.1. The van der Waals surface area contributed by atoms with Crippen molar-refractivity contribution in [2.45, 2.75) is 62.7 Å². The van der Waals surface area contributed by atoms with Gasteiger partial charge in [0.2, 0.25) is 5.91 Å². The molecule has 6 heteroatoms. The lowest BCUT2D eigenvalue weighted by molar-refractivity contribution is -0.118. The second-order valence-electron chi connectivity index (χ2n) is 7.36. The van der Waals surface area contributed by atoms with Gasteiger partial charge in [0.1, 0.15) is 0 Å². The van der Waals surface area contributed by atoms with Crippen molar-refractivity contribution in [2.24, 2.45) is 0 Å². The Morgan fingerprint density at radius 2 is 2.11 bits per heavy atom. The summed E-state index contributed by atoms with van der Waals surface area (Å²) in [4.78, 5) is 29.8. The van der Waals surface area contributed by atoms with Crippen molar-refractivity contribution in [3.63, 3.8) is 0 Å². The van der Waals surface area contributed by atoms with Gasteiger partial charge >= 0.3 is 0 Å². The topological polar surface area (TPSA) is 64.0 Å². The van der Waals surface area contributed by atoms with E-state index in [1.807, 2.05) is 24.3 Å². The largest absolute Gasteiger partial charge is 0.353 e. The second kappa shape index (κ2) is 8.30. The fourth-order valence-electron chi connectivity index (χ4n) is 3.47. The molecule has 1 saturated carbocycles. The van der Waals surface area contributed by atoms with Crippen molar-refractivity contribution in [1.29, 1.82) is 0 Å². The van der Waals surface area contributed by atoms with Crippen molar-refractivity contribution in [2.75, 3.05) is 5.75 Å². The maximum Gasteiger partial charge on any atom is 0.262 e. The van der Waals surface area contributed by atoms with Gasteiger partial charge in [-0.1, -0.05) is 35.5 Å². The highest BCUT2D eigenvalue weighted by Crippen LogP contribution is 2.23. The average molecular weight is 384 g/mol. The highest BCUT2D eigenvalue weighted by Gasteiger charge is 2.23. The van der Waals surface area contributed by atoms with E-state index in [2.05, 4.69) is 11.4 Å². The Bertz CT molecular complexity index is 931. The number of benzene rings is 1. The molecule has 0 aliphatic heterocycles. The zero-order valence-corrected chi connectivity index (χ0v) is 16.3. The summed E-state index contributed by atoms with van der Waals surface area (Å²) in [6.45, 7) is 0.620. The van der Waals surface area contributed by atoms with Crippen LogP contribution in [-0.4, -0.2) is 27.3 Å². The van der Waals surface area contributed by atoms with Gasteiger partial charge in [0.25, 0.3) is 5.56 Å². The lowest BCUT2D eigenvalue weighted by atomic mass is 9.97. The zero-order chi connectivity index (χ0) is 18.6. The van der Waals surface area contributed by atoms with Gasteiger partial charge in [-0.05, 0) is 57.1 Å². The lowest BCUT2D eigenvalue weighted by Crippen LogP contribution is -2.28. The molecule has 4 rings (SSSR count). The first-order valence-corrected chi connectivity index (χ1v) is 10.8. The normalized spacial score (nSPS) is 17.0. The molecule has 0 unspecified atom stereocenters. The number of aromatic nitrogens is 2. The van der Waals surface area contributed by atoms with Gasteiger partial charge in [-0.25, -0.2) is 4.98 Å². The first-order valence-electron chi connectivity index (χ1n) is 9.80. The van der Waals surface area contributed by atoms with Crippen LogP contribution in [-0.2, 0) is 11.3 Å². The van der Waals surface area contributed by atoms with Gasteiger partial charge in [-0.3, -0.25) is 14.2 Å². The van der Waals surface area contributed by atoms with Crippen LogP contribution < -0.4 is 10.9 Å². The predicted molar refractivity (Wildman–Crippen MR) is 109 cm³/mol. The molecule has 0 saturated heterocycles. The number of carbonyl (C=O) groups excluding carboxylic acids is 1. The molecule has 1 heterocycles. The number of para-hydroxylation sites is 1. The van der Waals surface area contributed by atoms with Crippen LogP contribution in [0, 0.1) is 0 Å². The molecule has 27 heavy (non-hydrogen) atoms. The van der Waals surface area contributed by atoms with Crippen LogP contribution in [0.3, 0.4) is 0 Å². The van der Waals surface area contributed by atoms with Crippen LogP contribution in [0.25, 0.3) is 10.9 Å². The predicted octanol–water partition coefficient (Wildman–Crippen LogP) is 3.66. The molecule has 0 spiro atoms. The number of rotatable bonds is 7. The molecule has 0 atom stereocenters.